The standard InChI is InChI=1S/C15H17N3OS/c1-11-8-9-14-13(10-11)17-15(18-20(14,2)19)16-12-6-4-3-5-7-12/h3-10,14,19H,1-2H3,(H,16,18). The summed E-state index contributed by atoms with van der Waals surface area (Å²) in [5.74, 6) is 0.474. The van der Waals surface area contributed by atoms with E-state index in [1.165, 1.54) is 0 Å². The number of nitrogens with one attached hydrogen (secondary N) is 1. The van der Waals surface area contributed by atoms with Crippen molar-refractivity contribution in [3.63, 3.8) is 0 Å². The van der Waals surface area contributed by atoms with E-state index >= 15 is 0 Å². The summed E-state index contributed by atoms with van der Waals surface area (Å²) in [6, 6.07) is 9.73. The van der Waals surface area contributed by atoms with E-state index in [2.05, 4.69) is 14.7 Å². The number of nitrogens with zero attached hydrogens (tertiary/aromatic N) is 2. The molecule has 2 unspecified atom stereocenters. The van der Waals surface area contributed by atoms with E-state index in [9.17, 15) is 4.55 Å². The summed E-state index contributed by atoms with van der Waals surface area (Å²) in [5, 5.41) is 3.05. The minimum Gasteiger partial charge on any atom is -0.331 e. The Hall–Kier alpha value is -1.85. The van der Waals surface area contributed by atoms with Gasteiger partial charge in [-0.2, -0.15) is 4.40 Å². The second-order valence-corrected chi connectivity index (χ2v) is 7.48. The molecule has 2 atom stereocenters. The van der Waals surface area contributed by atoms with E-state index in [1.54, 1.807) is 6.26 Å². The minimum atomic E-state index is -2.11. The van der Waals surface area contributed by atoms with Crippen LogP contribution in [0.3, 0.4) is 0 Å². The van der Waals surface area contributed by atoms with Gasteiger partial charge in [0, 0.05) is 11.9 Å². The number of anilines is 1. The van der Waals surface area contributed by atoms with Crippen molar-refractivity contribution in [1.82, 2.24) is 0 Å². The summed E-state index contributed by atoms with van der Waals surface area (Å²) >= 11 is 0. The minimum absolute atomic E-state index is 0.104. The monoisotopic (exact) mass is 287 g/mol. The van der Waals surface area contributed by atoms with Crippen LogP contribution in [0.5, 0.6) is 0 Å². The van der Waals surface area contributed by atoms with Gasteiger partial charge in [0.05, 0.1) is 11.0 Å². The molecule has 4 nitrogen and oxygen atoms in total. The van der Waals surface area contributed by atoms with Crippen molar-refractivity contribution in [3.8, 4) is 0 Å². The maximum atomic E-state index is 10.6. The van der Waals surface area contributed by atoms with Gasteiger partial charge in [-0.25, -0.2) is 4.99 Å². The molecule has 0 spiro atoms. The zero-order chi connectivity index (χ0) is 14.2. The van der Waals surface area contributed by atoms with Crippen molar-refractivity contribution < 1.29 is 4.55 Å². The highest BCUT2D eigenvalue weighted by Gasteiger charge is 2.33. The largest absolute Gasteiger partial charge is 0.331 e. The average Bonchev–Trinajstić information content (AvgIpc) is 2.38. The first kappa shape index (κ1) is 13.1. The SMILES string of the molecule is CC1=CC2=NC(Nc3ccccc3)=NS(C)(O)C2C=C1. The van der Waals surface area contributed by atoms with Crippen LogP contribution in [0, 0.1) is 0 Å². The maximum Gasteiger partial charge on any atom is 0.234 e. The fraction of sp³-hybridized carbons (Fsp3) is 0.200. The lowest BCUT2D eigenvalue weighted by molar-refractivity contribution is 0.631. The van der Waals surface area contributed by atoms with Crippen LogP contribution in [0.4, 0.5) is 5.69 Å². The number of benzene rings is 1. The van der Waals surface area contributed by atoms with E-state index < -0.39 is 10.5 Å². The quantitative estimate of drug-likeness (QED) is 0.829. The van der Waals surface area contributed by atoms with Gasteiger partial charge in [-0.05, 0) is 41.2 Å². The van der Waals surface area contributed by atoms with Crippen molar-refractivity contribution >= 4 is 27.9 Å². The first-order valence-electron chi connectivity index (χ1n) is 6.41. The Balaban J connectivity index is 1.93. The van der Waals surface area contributed by atoms with E-state index in [0.29, 0.717) is 5.96 Å². The molecule has 2 aliphatic rings. The van der Waals surface area contributed by atoms with Gasteiger partial charge in [0.15, 0.2) is 0 Å². The molecule has 1 aromatic rings. The summed E-state index contributed by atoms with van der Waals surface area (Å²) in [4.78, 5) is 4.53. The van der Waals surface area contributed by atoms with Crippen LogP contribution in [0.2, 0.25) is 0 Å². The first-order chi connectivity index (χ1) is 9.54. The number of allylic oxidation sites excluding steroid dienone is 3. The van der Waals surface area contributed by atoms with Crippen LogP contribution in [0.15, 0.2) is 63.5 Å². The van der Waals surface area contributed by atoms with Crippen molar-refractivity contribution in [2.45, 2.75) is 12.2 Å². The third kappa shape index (κ3) is 2.55. The van der Waals surface area contributed by atoms with Gasteiger partial charge in [-0.3, -0.25) is 0 Å². The summed E-state index contributed by atoms with van der Waals surface area (Å²) < 4.78 is 15.0. The molecular formula is C15H17N3OS. The molecule has 0 amide bonds. The number of hydrogen-bond donors (Lipinski definition) is 2. The highest BCUT2D eigenvalue weighted by Crippen LogP contribution is 2.50. The molecule has 20 heavy (non-hydrogen) atoms. The lowest BCUT2D eigenvalue weighted by atomic mass is 10.1. The molecule has 5 heteroatoms. The Labute approximate surface area is 120 Å². The number of aliphatic imine (C=N–C) groups is 1. The summed E-state index contributed by atoms with van der Waals surface area (Å²) in [6.45, 7) is 2.02. The normalized spacial score (nSPS) is 31.4. The number of guanidine groups is 1. The number of rotatable bonds is 1. The van der Waals surface area contributed by atoms with Crippen LogP contribution < -0.4 is 5.32 Å². The molecule has 0 aromatic heterocycles. The topological polar surface area (TPSA) is 57.0 Å². The van der Waals surface area contributed by atoms with Crippen molar-refractivity contribution in [3.05, 3.63) is 54.1 Å². The molecular weight excluding hydrogens is 270 g/mol. The lowest BCUT2D eigenvalue weighted by Crippen LogP contribution is -2.31. The highest BCUT2D eigenvalue weighted by molar-refractivity contribution is 8.28. The molecule has 0 bridgehead atoms. The lowest BCUT2D eigenvalue weighted by Gasteiger charge is -2.36. The molecule has 0 saturated heterocycles. The Bertz CT molecular complexity index is 644. The summed E-state index contributed by atoms with van der Waals surface area (Å²) in [7, 11) is -2.11. The molecule has 0 fully saturated rings. The zero-order valence-electron chi connectivity index (χ0n) is 11.4. The van der Waals surface area contributed by atoms with E-state index in [0.717, 1.165) is 17.0 Å². The first-order valence-corrected chi connectivity index (χ1v) is 8.43. The molecule has 1 heterocycles. The van der Waals surface area contributed by atoms with Gasteiger partial charge in [-0.15, -0.1) is 0 Å². The second kappa shape index (κ2) is 4.92. The van der Waals surface area contributed by atoms with Gasteiger partial charge in [-0.1, -0.05) is 30.4 Å². The van der Waals surface area contributed by atoms with Gasteiger partial charge in [0.1, 0.15) is 0 Å². The summed E-state index contributed by atoms with van der Waals surface area (Å²) in [6.07, 6.45) is 7.80. The predicted octanol–water partition coefficient (Wildman–Crippen LogP) is 3.62. The van der Waals surface area contributed by atoms with E-state index in [-0.39, 0.29) is 5.25 Å². The molecule has 1 aliphatic carbocycles. The van der Waals surface area contributed by atoms with Crippen LogP contribution in [-0.4, -0.2) is 27.7 Å². The number of hydrogen-bond acceptors (Lipinski definition) is 4. The Morgan fingerprint density at radius 3 is 2.75 bits per heavy atom. The van der Waals surface area contributed by atoms with Gasteiger partial charge < -0.3 is 9.87 Å². The molecule has 1 aliphatic heterocycles. The molecule has 0 radical (unpaired) electrons. The fourth-order valence-electron chi connectivity index (χ4n) is 2.25. The molecule has 3 rings (SSSR count). The number of fused-ring (bicyclic) bond motifs is 1. The van der Waals surface area contributed by atoms with Crippen LogP contribution in [0.1, 0.15) is 6.92 Å². The Morgan fingerprint density at radius 1 is 1.25 bits per heavy atom. The molecule has 0 saturated carbocycles. The second-order valence-electron chi connectivity index (χ2n) is 5.00. The predicted molar refractivity (Wildman–Crippen MR) is 87.8 cm³/mol. The fourth-order valence-corrected chi connectivity index (χ4v) is 3.76. The number of para-hydroxylation sites is 1. The van der Waals surface area contributed by atoms with Crippen molar-refractivity contribution in [1.29, 1.82) is 0 Å². The van der Waals surface area contributed by atoms with E-state index in [1.807, 2.05) is 55.5 Å². The smallest absolute Gasteiger partial charge is 0.234 e. The zero-order valence-corrected chi connectivity index (χ0v) is 12.3. The Kier molecular flexibility index (Phi) is 3.23. The summed E-state index contributed by atoms with van der Waals surface area (Å²) in [5.41, 5.74) is 2.92. The van der Waals surface area contributed by atoms with E-state index in [4.69, 9.17) is 0 Å². The molecule has 1 aromatic carbocycles. The molecule has 2 N–H and O–H groups in total. The van der Waals surface area contributed by atoms with Crippen LogP contribution in [0.25, 0.3) is 0 Å². The molecule has 104 valence electrons. The third-order valence-corrected chi connectivity index (χ3v) is 5.12. The van der Waals surface area contributed by atoms with Crippen molar-refractivity contribution in [2.24, 2.45) is 9.39 Å². The van der Waals surface area contributed by atoms with Crippen LogP contribution in [-0.2, 0) is 0 Å². The van der Waals surface area contributed by atoms with Gasteiger partial charge in [0.2, 0.25) is 5.96 Å². The Morgan fingerprint density at radius 2 is 2.00 bits per heavy atom. The third-order valence-electron chi connectivity index (χ3n) is 3.22. The van der Waals surface area contributed by atoms with Gasteiger partial charge in [0.25, 0.3) is 0 Å². The highest BCUT2D eigenvalue weighted by atomic mass is 32.3. The van der Waals surface area contributed by atoms with Crippen molar-refractivity contribution in [2.75, 3.05) is 11.6 Å². The maximum absolute atomic E-state index is 10.6. The average molecular weight is 287 g/mol. The van der Waals surface area contributed by atoms with Gasteiger partial charge >= 0.3 is 0 Å². The van der Waals surface area contributed by atoms with Crippen LogP contribution >= 0.6 is 10.5 Å².